The molecule has 0 bridgehead atoms. The quantitative estimate of drug-likeness (QED) is 0.585. The average molecular weight is 476 g/mol. The summed E-state index contributed by atoms with van der Waals surface area (Å²) in [5, 5.41) is 3.68. The zero-order chi connectivity index (χ0) is 23.0. The molecule has 9 nitrogen and oxygen atoms in total. The number of nitrogens with one attached hydrogen (secondary N) is 1. The zero-order valence-corrected chi connectivity index (χ0v) is 19.6. The number of ether oxygens (including phenoxy) is 2. The van der Waals surface area contributed by atoms with Gasteiger partial charge in [0.2, 0.25) is 11.8 Å². The second-order valence-electron chi connectivity index (χ2n) is 7.35. The topological polar surface area (TPSA) is 98.6 Å². The van der Waals surface area contributed by atoms with E-state index < -0.39 is 5.92 Å². The lowest BCUT2D eigenvalue weighted by atomic mass is 10.1. The second kappa shape index (κ2) is 8.79. The molecule has 0 unspecified atom stereocenters. The molecule has 1 aliphatic heterocycles. The summed E-state index contributed by atoms with van der Waals surface area (Å²) in [5.74, 6) is 0.681. The molecule has 0 aliphatic carbocycles. The highest BCUT2D eigenvalue weighted by molar-refractivity contribution is 7.19. The van der Waals surface area contributed by atoms with Crippen molar-refractivity contribution in [1.29, 1.82) is 0 Å². The third kappa shape index (κ3) is 4.03. The number of carbonyl (C=O) groups is 2. The number of amides is 2. The molecule has 32 heavy (non-hydrogen) atoms. The number of anilines is 2. The first-order chi connectivity index (χ1) is 15.3. The molecule has 1 aliphatic rings. The molecule has 0 radical (unpaired) electrons. The van der Waals surface area contributed by atoms with Gasteiger partial charge in [-0.2, -0.15) is 0 Å². The summed E-state index contributed by atoms with van der Waals surface area (Å²) in [6, 6.07) is 3.23. The number of rotatable bonds is 6. The fourth-order valence-corrected chi connectivity index (χ4v) is 4.86. The van der Waals surface area contributed by atoms with E-state index in [0.717, 1.165) is 16.4 Å². The third-order valence-electron chi connectivity index (χ3n) is 5.29. The Labute approximate surface area is 193 Å². The summed E-state index contributed by atoms with van der Waals surface area (Å²) in [5.41, 5.74) is 1.28. The molecule has 1 saturated heterocycles. The minimum Gasteiger partial charge on any atom is -0.495 e. The third-order valence-corrected chi connectivity index (χ3v) is 6.66. The van der Waals surface area contributed by atoms with E-state index in [1.807, 2.05) is 24.7 Å². The van der Waals surface area contributed by atoms with Crippen LogP contribution in [0.15, 0.2) is 24.5 Å². The van der Waals surface area contributed by atoms with E-state index in [4.69, 9.17) is 21.1 Å². The highest BCUT2D eigenvalue weighted by Gasteiger charge is 2.37. The highest BCUT2D eigenvalue weighted by Crippen LogP contribution is 2.40. The molecule has 2 aromatic heterocycles. The minimum absolute atomic E-state index is 0.0786. The van der Waals surface area contributed by atoms with E-state index in [1.54, 1.807) is 18.3 Å². The number of nitrogens with zero attached hydrogens (tertiary/aromatic N) is 4. The highest BCUT2D eigenvalue weighted by atomic mass is 35.5. The molecule has 1 N–H and O–H groups in total. The van der Waals surface area contributed by atoms with Crippen LogP contribution in [0.2, 0.25) is 5.02 Å². The first kappa shape index (κ1) is 22.1. The number of hydrogen-bond donors (Lipinski definition) is 1. The van der Waals surface area contributed by atoms with Crippen LogP contribution in [-0.4, -0.2) is 47.1 Å². The maximum atomic E-state index is 12.9. The van der Waals surface area contributed by atoms with Gasteiger partial charge in [0.05, 0.1) is 41.4 Å². The summed E-state index contributed by atoms with van der Waals surface area (Å²) in [6.07, 6.45) is 3.64. The molecule has 3 aromatic rings. The Balaban J connectivity index is 1.51. The normalized spacial score (nSPS) is 15.8. The van der Waals surface area contributed by atoms with E-state index in [2.05, 4.69) is 15.3 Å². The van der Waals surface area contributed by atoms with Crippen LogP contribution in [-0.2, 0) is 16.6 Å². The second-order valence-corrected chi connectivity index (χ2v) is 8.75. The summed E-state index contributed by atoms with van der Waals surface area (Å²) in [6.45, 7) is 2.08. The van der Waals surface area contributed by atoms with E-state index in [0.29, 0.717) is 27.3 Å². The number of benzene rings is 1. The lowest BCUT2D eigenvalue weighted by molar-refractivity contribution is -0.122. The Hall–Kier alpha value is -3.11. The van der Waals surface area contributed by atoms with E-state index in [1.165, 1.54) is 30.5 Å². The monoisotopic (exact) mass is 475 g/mol. The Morgan fingerprint density at radius 3 is 2.69 bits per heavy atom. The van der Waals surface area contributed by atoms with Gasteiger partial charge in [0.15, 0.2) is 11.0 Å². The molecule has 0 spiro atoms. The number of imidazole rings is 1. The van der Waals surface area contributed by atoms with E-state index >= 15 is 0 Å². The van der Waals surface area contributed by atoms with Crippen LogP contribution in [0.4, 0.5) is 10.8 Å². The smallest absolute Gasteiger partial charge is 0.231 e. The molecule has 4 rings (SSSR count). The van der Waals surface area contributed by atoms with Crippen molar-refractivity contribution < 1.29 is 19.1 Å². The van der Waals surface area contributed by atoms with Gasteiger partial charge in [0, 0.05) is 38.5 Å². The zero-order valence-electron chi connectivity index (χ0n) is 18.0. The van der Waals surface area contributed by atoms with Crippen molar-refractivity contribution in [2.45, 2.75) is 13.3 Å². The van der Waals surface area contributed by atoms with E-state index in [-0.39, 0.29) is 24.8 Å². The van der Waals surface area contributed by atoms with Crippen molar-refractivity contribution in [3.8, 4) is 22.2 Å². The van der Waals surface area contributed by atoms with Crippen LogP contribution >= 0.6 is 22.9 Å². The van der Waals surface area contributed by atoms with Crippen LogP contribution in [0.25, 0.3) is 10.7 Å². The van der Waals surface area contributed by atoms with Gasteiger partial charge in [-0.15, -0.1) is 0 Å². The number of thiazole rings is 1. The van der Waals surface area contributed by atoms with Gasteiger partial charge >= 0.3 is 0 Å². The molecule has 2 amide bonds. The lowest BCUT2D eigenvalue weighted by Gasteiger charge is -2.20. The van der Waals surface area contributed by atoms with Crippen LogP contribution in [0.3, 0.4) is 0 Å². The maximum absolute atomic E-state index is 12.9. The Bertz CT molecular complexity index is 1190. The van der Waals surface area contributed by atoms with Crippen molar-refractivity contribution in [2.24, 2.45) is 13.0 Å². The summed E-state index contributed by atoms with van der Waals surface area (Å²) >= 11 is 7.60. The molecular formula is C21H22ClN5O4S. The van der Waals surface area contributed by atoms with Gasteiger partial charge in [-0.3, -0.25) is 9.59 Å². The SMILES string of the molecule is COc1cc(OC)c(N2C[C@@H](C(=O)Nc3nc(C)c(-c4nccn4C)s3)CC2=O)cc1Cl. The maximum Gasteiger partial charge on any atom is 0.231 e. The first-order valence-electron chi connectivity index (χ1n) is 9.80. The fourth-order valence-electron chi connectivity index (χ4n) is 3.62. The van der Waals surface area contributed by atoms with Gasteiger partial charge < -0.3 is 24.3 Å². The van der Waals surface area contributed by atoms with Crippen molar-refractivity contribution in [1.82, 2.24) is 14.5 Å². The van der Waals surface area contributed by atoms with Gasteiger partial charge in [-0.05, 0) is 13.0 Å². The Kier molecular flexibility index (Phi) is 6.07. The summed E-state index contributed by atoms with van der Waals surface area (Å²) in [4.78, 5) is 36.8. The number of halogens is 1. The predicted octanol–water partition coefficient (Wildman–Crippen LogP) is 3.51. The molecule has 1 atom stereocenters. The number of carbonyl (C=O) groups excluding carboxylic acids is 2. The van der Waals surface area contributed by atoms with Crippen LogP contribution in [0, 0.1) is 12.8 Å². The Morgan fingerprint density at radius 2 is 2.03 bits per heavy atom. The van der Waals surface area contributed by atoms with Gasteiger partial charge in [-0.1, -0.05) is 22.9 Å². The van der Waals surface area contributed by atoms with Crippen molar-refractivity contribution >= 4 is 45.6 Å². The molecule has 1 aromatic carbocycles. The van der Waals surface area contributed by atoms with Crippen LogP contribution < -0.4 is 19.7 Å². The first-order valence-corrected chi connectivity index (χ1v) is 11.0. The van der Waals surface area contributed by atoms with Gasteiger partial charge in [-0.25, -0.2) is 9.97 Å². The standard InChI is InChI=1S/C21H22ClN5O4S/c1-11-18(19-23-5-6-26(19)2)32-21(24-11)25-20(29)12-7-17(28)27(10-12)14-8-13(22)15(30-3)9-16(14)31-4/h5-6,8-9,12H,7,10H2,1-4H3,(H,24,25,29)/t12-/m0/s1. The molecule has 3 heterocycles. The molecule has 1 fully saturated rings. The van der Waals surface area contributed by atoms with Crippen molar-refractivity contribution in [3.05, 3.63) is 35.2 Å². The van der Waals surface area contributed by atoms with Crippen molar-refractivity contribution in [2.75, 3.05) is 31.0 Å². The number of methoxy groups -OCH3 is 2. The fraction of sp³-hybridized carbons (Fsp3) is 0.333. The molecular weight excluding hydrogens is 454 g/mol. The predicted molar refractivity (Wildman–Crippen MR) is 123 cm³/mol. The number of hydrogen-bond acceptors (Lipinski definition) is 7. The van der Waals surface area contributed by atoms with Crippen LogP contribution in [0.5, 0.6) is 11.5 Å². The number of aromatic nitrogens is 3. The number of aryl methyl sites for hydroxylation is 2. The molecule has 0 saturated carbocycles. The lowest BCUT2D eigenvalue weighted by Crippen LogP contribution is -2.28. The average Bonchev–Trinajstić information content (AvgIpc) is 3.46. The minimum atomic E-state index is -0.533. The van der Waals surface area contributed by atoms with Gasteiger partial charge in [0.25, 0.3) is 0 Å². The van der Waals surface area contributed by atoms with E-state index in [9.17, 15) is 9.59 Å². The van der Waals surface area contributed by atoms with Gasteiger partial charge in [0.1, 0.15) is 11.5 Å². The van der Waals surface area contributed by atoms with Crippen LogP contribution in [0.1, 0.15) is 12.1 Å². The largest absolute Gasteiger partial charge is 0.495 e. The Morgan fingerprint density at radius 1 is 1.28 bits per heavy atom. The molecule has 168 valence electrons. The molecule has 11 heteroatoms. The summed E-state index contributed by atoms with van der Waals surface area (Å²) in [7, 11) is 4.90. The summed E-state index contributed by atoms with van der Waals surface area (Å²) < 4.78 is 12.5. The van der Waals surface area contributed by atoms with Crippen molar-refractivity contribution in [3.63, 3.8) is 0 Å².